The quantitative estimate of drug-likeness (QED) is 0.730. The number of benzene rings is 1. The molecule has 0 unspecified atom stereocenters. The summed E-state index contributed by atoms with van der Waals surface area (Å²) in [5.41, 5.74) is 0. The second-order valence-electron chi connectivity index (χ2n) is 6.28. The summed E-state index contributed by atoms with van der Waals surface area (Å²) in [6, 6.07) is 4.56. The Balaban J connectivity index is 1.97. The largest absolute Gasteiger partial charge is 0.349 e. The SMILES string of the molecule is CC[C@H](C)NC(=O)C[NH+]1CCN(S(=O)(=O)c2cc(Cl)ccc2Cl)CC1. The van der Waals surface area contributed by atoms with Crippen LogP contribution in [0.5, 0.6) is 0 Å². The van der Waals surface area contributed by atoms with Gasteiger partial charge >= 0.3 is 0 Å². The lowest BCUT2D eigenvalue weighted by Crippen LogP contribution is -3.15. The summed E-state index contributed by atoms with van der Waals surface area (Å²) in [5.74, 6) is -0.00135. The van der Waals surface area contributed by atoms with Crippen molar-refractivity contribution in [1.29, 1.82) is 0 Å². The van der Waals surface area contributed by atoms with Crippen molar-refractivity contribution in [1.82, 2.24) is 9.62 Å². The molecule has 1 fully saturated rings. The summed E-state index contributed by atoms with van der Waals surface area (Å²) in [6.45, 7) is 6.18. The molecule has 0 radical (unpaired) electrons. The summed E-state index contributed by atoms with van der Waals surface area (Å²) in [5, 5.41) is 3.42. The van der Waals surface area contributed by atoms with Crippen LogP contribution >= 0.6 is 23.2 Å². The molecule has 25 heavy (non-hydrogen) atoms. The Hall–Kier alpha value is -0.860. The van der Waals surface area contributed by atoms with Gasteiger partial charge in [-0.1, -0.05) is 30.1 Å². The average molecular weight is 409 g/mol. The molecular formula is C16H24Cl2N3O3S+. The van der Waals surface area contributed by atoms with Gasteiger partial charge in [0.25, 0.3) is 5.91 Å². The van der Waals surface area contributed by atoms with Gasteiger partial charge < -0.3 is 10.2 Å². The van der Waals surface area contributed by atoms with Crippen molar-refractivity contribution in [3.8, 4) is 0 Å². The molecule has 6 nitrogen and oxygen atoms in total. The second kappa shape index (κ2) is 8.68. The molecule has 0 saturated carbocycles. The van der Waals surface area contributed by atoms with Crippen molar-refractivity contribution in [2.75, 3.05) is 32.7 Å². The Morgan fingerprint density at radius 1 is 1.32 bits per heavy atom. The third-order valence-electron chi connectivity index (χ3n) is 4.37. The van der Waals surface area contributed by atoms with E-state index >= 15 is 0 Å². The predicted molar refractivity (Wildman–Crippen MR) is 98.7 cm³/mol. The lowest BCUT2D eigenvalue weighted by molar-refractivity contribution is -0.895. The molecular weight excluding hydrogens is 385 g/mol. The third kappa shape index (κ3) is 5.31. The maximum atomic E-state index is 12.8. The van der Waals surface area contributed by atoms with Crippen molar-refractivity contribution < 1.29 is 18.1 Å². The number of rotatable bonds is 6. The van der Waals surface area contributed by atoms with Gasteiger partial charge in [0.2, 0.25) is 10.0 Å². The van der Waals surface area contributed by atoms with Gasteiger partial charge in [0.1, 0.15) is 4.90 Å². The van der Waals surface area contributed by atoms with Crippen molar-refractivity contribution in [2.24, 2.45) is 0 Å². The van der Waals surface area contributed by atoms with Crippen LogP contribution in [0.25, 0.3) is 0 Å². The number of carbonyl (C=O) groups excluding carboxylic acids is 1. The van der Waals surface area contributed by atoms with Gasteiger partial charge in [-0.3, -0.25) is 4.79 Å². The number of halogens is 2. The van der Waals surface area contributed by atoms with Gasteiger partial charge in [0, 0.05) is 11.1 Å². The Bertz CT molecular complexity index is 719. The fraction of sp³-hybridized carbons (Fsp3) is 0.562. The minimum absolute atomic E-state index is 0.00135. The number of nitrogens with one attached hydrogen (secondary N) is 2. The van der Waals surface area contributed by atoms with E-state index in [2.05, 4.69) is 5.32 Å². The summed E-state index contributed by atoms with van der Waals surface area (Å²) in [6.07, 6.45) is 0.882. The van der Waals surface area contributed by atoms with Crippen LogP contribution in [-0.4, -0.2) is 57.4 Å². The molecule has 1 aromatic carbocycles. The van der Waals surface area contributed by atoms with Gasteiger partial charge in [-0.15, -0.1) is 0 Å². The number of hydrogen-bond acceptors (Lipinski definition) is 3. The highest BCUT2D eigenvalue weighted by molar-refractivity contribution is 7.89. The minimum Gasteiger partial charge on any atom is -0.349 e. The summed E-state index contributed by atoms with van der Waals surface area (Å²) >= 11 is 11.9. The number of sulfonamides is 1. The molecule has 9 heteroatoms. The number of quaternary nitrogens is 1. The third-order valence-corrected chi connectivity index (χ3v) is 6.99. The Morgan fingerprint density at radius 3 is 2.56 bits per heavy atom. The molecule has 0 aromatic heterocycles. The fourth-order valence-electron chi connectivity index (χ4n) is 2.69. The molecule has 1 aliphatic heterocycles. The molecule has 1 heterocycles. The fourth-order valence-corrected chi connectivity index (χ4v) is 4.87. The van der Waals surface area contributed by atoms with Gasteiger partial charge in [-0.25, -0.2) is 8.42 Å². The number of nitrogens with zero attached hydrogens (tertiary/aromatic N) is 1. The van der Waals surface area contributed by atoms with Crippen LogP contribution in [0, 0.1) is 0 Å². The predicted octanol–water partition coefficient (Wildman–Crippen LogP) is 0.797. The molecule has 140 valence electrons. The Kier molecular flexibility index (Phi) is 7.10. The first kappa shape index (κ1) is 20.5. The standard InChI is InChI=1S/C16H23Cl2N3O3S/c1-3-12(2)19-16(22)11-20-6-8-21(9-7-20)25(23,24)15-10-13(17)4-5-14(15)18/h4-5,10,12H,3,6-9,11H2,1-2H3,(H,19,22)/p+1/t12-/m0/s1. The van der Waals surface area contributed by atoms with Crippen LogP contribution in [-0.2, 0) is 14.8 Å². The summed E-state index contributed by atoms with van der Waals surface area (Å²) in [7, 11) is -3.69. The van der Waals surface area contributed by atoms with Crippen LogP contribution in [0.1, 0.15) is 20.3 Å². The smallest absolute Gasteiger partial charge is 0.275 e. The Labute approximate surface area is 159 Å². The van der Waals surface area contributed by atoms with E-state index in [0.717, 1.165) is 11.3 Å². The number of piperazine rings is 1. The van der Waals surface area contributed by atoms with E-state index in [1.165, 1.54) is 16.4 Å². The van der Waals surface area contributed by atoms with Crippen LogP contribution < -0.4 is 10.2 Å². The van der Waals surface area contributed by atoms with Gasteiger partial charge in [0.05, 0.1) is 31.2 Å². The average Bonchev–Trinajstić information content (AvgIpc) is 2.57. The molecule has 0 aliphatic carbocycles. The van der Waals surface area contributed by atoms with E-state index < -0.39 is 10.0 Å². The van der Waals surface area contributed by atoms with Crippen molar-refractivity contribution in [2.45, 2.75) is 31.2 Å². The van der Waals surface area contributed by atoms with Crippen LogP contribution in [0.15, 0.2) is 23.1 Å². The van der Waals surface area contributed by atoms with E-state index in [-0.39, 0.29) is 21.9 Å². The van der Waals surface area contributed by atoms with Gasteiger partial charge in [0.15, 0.2) is 6.54 Å². The second-order valence-corrected chi connectivity index (χ2v) is 9.03. The molecule has 2 N–H and O–H groups in total. The number of hydrogen-bond donors (Lipinski definition) is 2. The van der Waals surface area contributed by atoms with Gasteiger partial charge in [-0.2, -0.15) is 4.31 Å². The van der Waals surface area contributed by atoms with E-state index in [1.807, 2.05) is 13.8 Å². The van der Waals surface area contributed by atoms with Crippen LogP contribution in [0.3, 0.4) is 0 Å². The van der Waals surface area contributed by atoms with Crippen LogP contribution in [0.2, 0.25) is 10.0 Å². The van der Waals surface area contributed by atoms with Crippen molar-refractivity contribution in [3.63, 3.8) is 0 Å². The highest BCUT2D eigenvalue weighted by Gasteiger charge is 2.32. The minimum atomic E-state index is -3.69. The van der Waals surface area contributed by atoms with Crippen molar-refractivity contribution in [3.05, 3.63) is 28.2 Å². The monoisotopic (exact) mass is 408 g/mol. The van der Waals surface area contributed by atoms with E-state index in [1.54, 1.807) is 6.07 Å². The zero-order valence-electron chi connectivity index (χ0n) is 14.4. The summed E-state index contributed by atoms with van der Waals surface area (Å²) in [4.78, 5) is 13.1. The zero-order chi connectivity index (χ0) is 18.6. The van der Waals surface area contributed by atoms with E-state index in [9.17, 15) is 13.2 Å². The topological polar surface area (TPSA) is 70.9 Å². The number of amides is 1. The van der Waals surface area contributed by atoms with Crippen molar-refractivity contribution >= 4 is 39.1 Å². The maximum absolute atomic E-state index is 12.8. The maximum Gasteiger partial charge on any atom is 0.275 e. The lowest BCUT2D eigenvalue weighted by Gasteiger charge is -2.31. The first-order valence-corrected chi connectivity index (χ1v) is 10.5. The zero-order valence-corrected chi connectivity index (χ0v) is 16.7. The normalized spacial score (nSPS) is 18.1. The molecule has 1 amide bonds. The number of carbonyl (C=O) groups is 1. The molecule has 1 atom stereocenters. The summed E-state index contributed by atoms with van der Waals surface area (Å²) < 4.78 is 26.9. The highest BCUT2D eigenvalue weighted by Crippen LogP contribution is 2.27. The first-order valence-electron chi connectivity index (χ1n) is 8.32. The molecule has 0 spiro atoms. The first-order chi connectivity index (χ1) is 11.7. The molecule has 1 aromatic rings. The molecule has 1 aliphatic rings. The van der Waals surface area contributed by atoms with Crippen LogP contribution in [0.4, 0.5) is 0 Å². The highest BCUT2D eigenvalue weighted by atomic mass is 35.5. The molecule has 0 bridgehead atoms. The van der Waals surface area contributed by atoms with E-state index in [0.29, 0.717) is 37.7 Å². The molecule has 1 saturated heterocycles. The molecule has 2 rings (SSSR count). The van der Waals surface area contributed by atoms with E-state index in [4.69, 9.17) is 23.2 Å². The Morgan fingerprint density at radius 2 is 1.96 bits per heavy atom. The lowest BCUT2D eigenvalue weighted by atomic mass is 10.2. The van der Waals surface area contributed by atoms with Gasteiger partial charge in [-0.05, 0) is 31.5 Å².